The summed E-state index contributed by atoms with van der Waals surface area (Å²) in [6, 6.07) is 0. The zero-order valence-corrected chi connectivity index (χ0v) is 6.40. The molecular formula is C6H16N2O. The van der Waals surface area contributed by atoms with Gasteiger partial charge in [0.1, 0.15) is 5.72 Å². The van der Waals surface area contributed by atoms with E-state index in [0.29, 0.717) is 6.54 Å². The molecule has 0 saturated carbocycles. The Labute approximate surface area is 56.6 Å². The molecule has 0 saturated heterocycles. The van der Waals surface area contributed by atoms with Crippen LogP contribution in [0.15, 0.2) is 0 Å². The highest BCUT2D eigenvalue weighted by molar-refractivity contribution is 4.63. The average Bonchev–Trinajstić information content (AvgIpc) is 1.84. The molecule has 56 valence electrons. The minimum absolute atomic E-state index is 0.237. The Morgan fingerprint density at radius 3 is 2.44 bits per heavy atom. The van der Waals surface area contributed by atoms with E-state index in [1.165, 1.54) is 0 Å². The molecule has 0 radical (unpaired) electrons. The highest BCUT2D eigenvalue weighted by Gasteiger charge is 2.12. The van der Waals surface area contributed by atoms with Crippen molar-refractivity contribution in [3.05, 3.63) is 0 Å². The minimum Gasteiger partial charge on any atom is -0.364 e. The van der Waals surface area contributed by atoms with Crippen LogP contribution in [0.5, 0.6) is 0 Å². The molecule has 3 N–H and O–H groups in total. The Morgan fingerprint density at radius 1 is 1.56 bits per heavy atom. The van der Waals surface area contributed by atoms with Crippen LogP contribution < -0.4 is 11.1 Å². The third kappa shape index (κ3) is 4.39. The van der Waals surface area contributed by atoms with Crippen LogP contribution in [0.4, 0.5) is 0 Å². The van der Waals surface area contributed by atoms with Gasteiger partial charge in [0, 0.05) is 20.2 Å². The van der Waals surface area contributed by atoms with E-state index in [9.17, 15) is 0 Å². The van der Waals surface area contributed by atoms with Gasteiger partial charge in [-0.1, -0.05) is 0 Å². The molecule has 0 heterocycles. The summed E-state index contributed by atoms with van der Waals surface area (Å²) >= 11 is 0. The zero-order chi connectivity index (χ0) is 7.33. The Bertz CT molecular complexity index is 73.5. The molecule has 9 heavy (non-hydrogen) atoms. The van der Waals surface area contributed by atoms with Gasteiger partial charge >= 0.3 is 0 Å². The van der Waals surface area contributed by atoms with Crippen molar-refractivity contribution in [2.45, 2.75) is 19.6 Å². The molecule has 0 aromatic carbocycles. The Balaban J connectivity index is 3.33. The maximum absolute atomic E-state index is 5.27. The molecule has 0 aliphatic carbocycles. The van der Waals surface area contributed by atoms with Crippen LogP contribution in [0.2, 0.25) is 0 Å². The fourth-order valence-corrected chi connectivity index (χ4v) is 0.445. The van der Waals surface area contributed by atoms with Crippen molar-refractivity contribution in [3.8, 4) is 0 Å². The molecule has 0 aliphatic rings. The summed E-state index contributed by atoms with van der Waals surface area (Å²) in [5, 5.41) is 3.11. The fourth-order valence-electron chi connectivity index (χ4n) is 0.445. The zero-order valence-electron chi connectivity index (χ0n) is 6.40. The number of hydrogen-bond donors (Lipinski definition) is 2. The SMILES string of the molecule is COC(C)(C)NCCN. The van der Waals surface area contributed by atoms with E-state index in [1.54, 1.807) is 7.11 Å². The lowest BCUT2D eigenvalue weighted by Gasteiger charge is -2.23. The standard InChI is InChI=1S/C6H16N2O/c1-6(2,9-3)8-5-4-7/h8H,4-5,7H2,1-3H3. The molecule has 0 atom stereocenters. The summed E-state index contributed by atoms with van der Waals surface area (Å²) < 4.78 is 5.07. The van der Waals surface area contributed by atoms with Crippen LogP contribution in [0.25, 0.3) is 0 Å². The summed E-state index contributed by atoms with van der Waals surface area (Å²) in [7, 11) is 1.67. The molecule has 0 bridgehead atoms. The second-order valence-corrected chi connectivity index (χ2v) is 2.43. The predicted octanol–water partition coefficient (Wildman–Crippen LogP) is -0.0828. The number of rotatable bonds is 4. The van der Waals surface area contributed by atoms with Gasteiger partial charge in [-0.05, 0) is 13.8 Å². The van der Waals surface area contributed by atoms with Crippen molar-refractivity contribution < 1.29 is 4.74 Å². The number of hydrogen-bond acceptors (Lipinski definition) is 3. The fraction of sp³-hybridized carbons (Fsp3) is 1.00. The molecule has 0 aromatic rings. The van der Waals surface area contributed by atoms with E-state index in [2.05, 4.69) is 5.32 Å². The molecular weight excluding hydrogens is 116 g/mol. The van der Waals surface area contributed by atoms with Gasteiger partial charge in [-0.15, -0.1) is 0 Å². The summed E-state index contributed by atoms with van der Waals surface area (Å²) in [6.45, 7) is 5.36. The largest absolute Gasteiger partial charge is 0.364 e. The Hall–Kier alpha value is -0.120. The average molecular weight is 132 g/mol. The molecule has 3 heteroatoms. The van der Waals surface area contributed by atoms with E-state index >= 15 is 0 Å². The lowest BCUT2D eigenvalue weighted by molar-refractivity contribution is -0.00597. The summed E-state index contributed by atoms with van der Waals surface area (Å²) in [5.41, 5.74) is 5.04. The molecule has 0 rings (SSSR count). The smallest absolute Gasteiger partial charge is 0.113 e. The summed E-state index contributed by atoms with van der Waals surface area (Å²) in [6.07, 6.45) is 0. The van der Waals surface area contributed by atoms with Crippen LogP contribution in [-0.4, -0.2) is 25.9 Å². The number of nitrogens with one attached hydrogen (secondary N) is 1. The van der Waals surface area contributed by atoms with Gasteiger partial charge in [-0.25, -0.2) is 0 Å². The van der Waals surface area contributed by atoms with Crippen LogP contribution in [0.1, 0.15) is 13.8 Å². The molecule has 0 aromatic heterocycles. The van der Waals surface area contributed by atoms with E-state index in [1.807, 2.05) is 13.8 Å². The first-order valence-corrected chi connectivity index (χ1v) is 3.12. The molecule has 0 spiro atoms. The second kappa shape index (κ2) is 3.82. The van der Waals surface area contributed by atoms with Gasteiger partial charge in [0.2, 0.25) is 0 Å². The third-order valence-corrected chi connectivity index (χ3v) is 1.21. The highest BCUT2D eigenvalue weighted by atomic mass is 16.5. The number of nitrogens with two attached hydrogens (primary N) is 1. The van der Waals surface area contributed by atoms with Gasteiger partial charge in [0.15, 0.2) is 0 Å². The number of methoxy groups -OCH3 is 1. The first-order chi connectivity index (χ1) is 4.12. The van der Waals surface area contributed by atoms with Crippen molar-refractivity contribution in [2.24, 2.45) is 5.73 Å². The van der Waals surface area contributed by atoms with Crippen molar-refractivity contribution >= 4 is 0 Å². The third-order valence-electron chi connectivity index (χ3n) is 1.21. The first kappa shape index (κ1) is 8.88. The van der Waals surface area contributed by atoms with Crippen molar-refractivity contribution in [1.82, 2.24) is 5.32 Å². The lowest BCUT2D eigenvalue weighted by Crippen LogP contribution is -2.43. The minimum atomic E-state index is -0.237. The number of ether oxygens (including phenoxy) is 1. The Morgan fingerprint density at radius 2 is 2.11 bits per heavy atom. The van der Waals surface area contributed by atoms with Crippen LogP contribution in [-0.2, 0) is 4.74 Å². The second-order valence-electron chi connectivity index (χ2n) is 2.43. The monoisotopic (exact) mass is 132 g/mol. The van der Waals surface area contributed by atoms with Crippen molar-refractivity contribution in [2.75, 3.05) is 20.2 Å². The molecule has 0 amide bonds. The Kier molecular flexibility index (Phi) is 3.77. The van der Waals surface area contributed by atoms with Crippen LogP contribution in [0, 0.1) is 0 Å². The van der Waals surface area contributed by atoms with E-state index in [-0.39, 0.29) is 5.72 Å². The van der Waals surface area contributed by atoms with Crippen molar-refractivity contribution in [3.63, 3.8) is 0 Å². The normalized spacial score (nSPS) is 12.0. The van der Waals surface area contributed by atoms with E-state index in [4.69, 9.17) is 10.5 Å². The van der Waals surface area contributed by atoms with Crippen LogP contribution in [0.3, 0.4) is 0 Å². The first-order valence-electron chi connectivity index (χ1n) is 3.12. The van der Waals surface area contributed by atoms with Crippen LogP contribution >= 0.6 is 0 Å². The molecule has 0 fully saturated rings. The lowest BCUT2D eigenvalue weighted by atomic mass is 10.3. The topological polar surface area (TPSA) is 47.3 Å². The van der Waals surface area contributed by atoms with Gasteiger partial charge in [-0.2, -0.15) is 0 Å². The molecule has 3 nitrogen and oxygen atoms in total. The van der Waals surface area contributed by atoms with Gasteiger partial charge < -0.3 is 10.5 Å². The quantitative estimate of drug-likeness (QED) is 0.526. The van der Waals surface area contributed by atoms with E-state index < -0.39 is 0 Å². The maximum Gasteiger partial charge on any atom is 0.113 e. The summed E-state index contributed by atoms with van der Waals surface area (Å²) in [5.74, 6) is 0. The van der Waals surface area contributed by atoms with Gasteiger partial charge in [0.05, 0.1) is 0 Å². The predicted molar refractivity (Wildman–Crippen MR) is 38.1 cm³/mol. The molecule has 0 unspecified atom stereocenters. The highest BCUT2D eigenvalue weighted by Crippen LogP contribution is 1.99. The summed E-state index contributed by atoms with van der Waals surface area (Å²) in [4.78, 5) is 0. The van der Waals surface area contributed by atoms with Gasteiger partial charge in [0.25, 0.3) is 0 Å². The maximum atomic E-state index is 5.27. The van der Waals surface area contributed by atoms with Crippen molar-refractivity contribution in [1.29, 1.82) is 0 Å². The molecule has 0 aliphatic heterocycles. The van der Waals surface area contributed by atoms with Gasteiger partial charge in [-0.3, -0.25) is 5.32 Å². The van der Waals surface area contributed by atoms with E-state index in [0.717, 1.165) is 6.54 Å².